The van der Waals surface area contributed by atoms with Crippen LogP contribution in [-0.4, -0.2) is 54.4 Å². The third-order valence-corrected chi connectivity index (χ3v) is 4.61. The number of aromatic nitrogens is 4. The standard InChI is InChI=1S/C10H12N5O6P/c11-8-5-9(13-2-12-8)15(3-14-5)10-6(16)7-4(20-10)1-19-22(17,18)21-7/h2-4,6-7,10,16H,1H2,(H,17,18)(H2,11,12,13)/t4-,6?,7+,10-/m1/s1. The molecular formula is C10H12N5O6P. The summed E-state index contributed by atoms with van der Waals surface area (Å²) in [7, 11) is -4.16. The Bertz CT molecular complexity index is 782. The fraction of sp³-hybridized carbons (Fsp3) is 0.500. The van der Waals surface area contributed by atoms with E-state index in [2.05, 4.69) is 19.5 Å². The van der Waals surface area contributed by atoms with Crippen molar-refractivity contribution in [1.82, 2.24) is 19.5 Å². The van der Waals surface area contributed by atoms with E-state index in [1.807, 2.05) is 0 Å². The van der Waals surface area contributed by atoms with Crippen molar-refractivity contribution in [3.63, 3.8) is 0 Å². The van der Waals surface area contributed by atoms with Crippen molar-refractivity contribution in [2.45, 2.75) is 24.5 Å². The van der Waals surface area contributed by atoms with Crippen LogP contribution in [-0.2, 0) is 18.3 Å². The Labute approximate surface area is 123 Å². The van der Waals surface area contributed by atoms with Crippen LogP contribution in [0.4, 0.5) is 5.82 Å². The van der Waals surface area contributed by atoms with Crippen LogP contribution in [0.1, 0.15) is 6.23 Å². The molecule has 11 nitrogen and oxygen atoms in total. The maximum Gasteiger partial charge on any atom is 0.472 e. The van der Waals surface area contributed by atoms with Crippen LogP contribution < -0.4 is 5.73 Å². The van der Waals surface area contributed by atoms with Crippen molar-refractivity contribution in [3.8, 4) is 0 Å². The van der Waals surface area contributed by atoms with Crippen LogP contribution in [0, 0.1) is 0 Å². The minimum atomic E-state index is -4.16. The summed E-state index contributed by atoms with van der Waals surface area (Å²) in [6.45, 7) is -0.157. The van der Waals surface area contributed by atoms with Crippen LogP contribution in [0.3, 0.4) is 0 Å². The van der Waals surface area contributed by atoms with Gasteiger partial charge in [-0.15, -0.1) is 0 Å². The van der Waals surface area contributed by atoms with Crippen LogP contribution in [0.25, 0.3) is 11.2 Å². The van der Waals surface area contributed by atoms with Gasteiger partial charge in [-0.2, -0.15) is 0 Å². The number of nitrogens with two attached hydrogens (primary N) is 1. The maximum absolute atomic E-state index is 11.5. The molecule has 0 aliphatic carbocycles. The SMILES string of the molecule is Nc1ncnc2c1ncn2[C@@H]1O[C@@H]2COP(=O)(O)O[C@@H]2C1O. The van der Waals surface area contributed by atoms with Gasteiger partial charge in [0, 0.05) is 0 Å². The molecule has 0 spiro atoms. The number of nitrogen functional groups attached to an aromatic ring is 1. The van der Waals surface area contributed by atoms with Gasteiger partial charge in [-0.25, -0.2) is 19.5 Å². The van der Waals surface area contributed by atoms with Crippen molar-refractivity contribution in [2.24, 2.45) is 0 Å². The number of phosphoric acid groups is 1. The first-order valence-electron chi connectivity index (χ1n) is 6.38. The third-order valence-electron chi connectivity index (χ3n) is 3.63. The van der Waals surface area contributed by atoms with Gasteiger partial charge in [-0.1, -0.05) is 0 Å². The van der Waals surface area contributed by atoms with E-state index >= 15 is 0 Å². The Kier molecular flexibility index (Phi) is 2.98. The summed E-state index contributed by atoms with van der Waals surface area (Å²) in [6.07, 6.45) is -1.07. The molecule has 2 saturated heterocycles. The van der Waals surface area contributed by atoms with Gasteiger partial charge in [0.05, 0.1) is 12.9 Å². The second-order valence-corrected chi connectivity index (χ2v) is 6.38. The van der Waals surface area contributed by atoms with Crippen LogP contribution in [0.5, 0.6) is 0 Å². The predicted octanol–water partition coefficient (Wildman–Crippen LogP) is -0.817. The number of hydrogen-bond donors (Lipinski definition) is 3. The highest BCUT2D eigenvalue weighted by Crippen LogP contribution is 2.52. The number of phosphoric ester groups is 1. The molecule has 0 radical (unpaired) electrons. The fourth-order valence-corrected chi connectivity index (χ4v) is 3.59. The highest BCUT2D eigenvalue weighted by Gasteiger charge is 2.52. The van der Waals surface area contributed by atoms with Gasteiger partial charge < -0.3 is 20.5 Å². The van der Waals surface area contributed by atoms with Gasteiger partial charge in [0.15, 0.2) is 17.7 Å². The molecule has 0 aromatic carbocycles. The van der Waals surface area contributed by atoms with Gasteiger partial charge >= 0.3 is 7.82 Å². The molecule has 4 N–H and O–H groups in total. The van der Waals surface area contributed by atoms with E-state index in [0.717, 1.165) is 0 Å². The van der Waals surface area contributed by atoms with Crippen molar-refractivity contribution in [2.75, 3.05) is 12.3 Å². The van der Waals surface area contributed by atoms with Crippen LogP contribution in [0.2, 0.25) is 0 Å². The lowest BCUT2D eigenvalue weighted by atomic mass is 10.1. The Morgan fingerprint density at radius 1 is 1.41 bits per heavy atom. The quantitative estimate of drug-likeness (QED) is 0.565. The van der Waals surface area contributed by atoms with E-state index < -0.39 is 32.4 Å². The summed E-state index contributed by atoms with van der Waals surface area (Å²) < 4.78 is 28.2. The van der Waals surface area contributed by atoms with Gasteiger partial charge in [-0.05, 0) is 0 Å². The third kappa shape index (κ3) is 2.02. The molecule has 4 rings (SSSR count). The molecule has 12 heteroatoms. The van der Waals surface area contributed by atoms with Crippen molar-refractivity contribution in [1.29, 1.82) is 0 Å². The normalized spacial score (nSPS) is 38.3. The molecule has 2 aromatic heterocycles. The van der Waals surface area contributed by atoms with Gasteiger partial charge in [0.25, 0.3) is 0 Å². The van der Waals surface area contributed by atoms with E-state index in [9.17, 15) is 14.6 Å². The Morgan fingerprint density at radius 2 is 2.23 bits per heavy atom. The van der Waals surface area contributed by atoms with Crippen LogP contribution >= 0.6 is 7.82 Å². The van der Waals surface area contributed by atoms with Crippen molar-refractivity contribution < 1.29 is 28.3 Å². The highest BCUT2D eigenvalue weighted by molar-refractivity contribution is 7.47. The van der Waals surface area contributed by atoms with Crippen molar-refractivity contribution in [3.05, 3.63) is 12.7 Å². The molecule has 118 valence electrons. The minimum Gasteiger partial charge on any atom is -0.386 e. The predicted molar refractivity (Wildman–Crippen MR) is 70.3 cm³/mol. The first-order chi connectivity index (χ1) is 10.5. The number of hydrogen-bond acceptors (Lipinski definition) is 9. The molecule has 0 saturated carbocycles. The zero-order valence-corrected chi connectivity index (χ0v) is 11.9. The first-order valence-corrected chi connectivity index (χ1v) is 7.88. The molecule has 0 bridgehead atoms. The summed E-state index contributed by atoms with van der Waals surface area (Å²) in [5, 5.41) is 10.4. The summed E-state index contributed by atoms with van der Waals surface area (Å²) in [4.78, 5) is 21.3. The second kappa shape index (κ2) is 4.69. The zero-order chi connectivity index (χ0) is 15.5. The number of aliphatic hydroxyl groups is 1. The lowest BCUT2D eigenvalue weighted by molar-refractivity contribution is -0.0664. The molecule has 2 fully saturated rings. The average molecular weight is 329 g/mol. The first kappa shape index (κ1) is 14.0. The average Bonchev–Trinajstić information content (AvgIpc) is 3.01. The van der Waals surface area contributed by atoms with Gasteiger partial charge in [0.1, 0.15) is 30.2 Å². The number of nitrogens with zero attached hydrogens (tertiary/aromatic N) is 4. The summed E-state index contributed by atoms with van der Waals surface area (Å²) in [6, 6.07) is 0. The molecule has 22 heavy (non-hydrogen) atoms. The molecule has 2 aliphatic heterocycles. The number of anilines is 1. The second-order valence-electron chi connectivity index (χ2n) is 4.97. The lowest BCUT2D eigenvalue weighted by Gasteiger charge is -2.27. The van der Waals surface area contributed by atoms with E-state index in [4.69, 9.17) is 15.0 Å². The summed E-state index contributed by atoms with van der Waals surface area (Å²) >= 11 is 0. The molecular weight excluding hydrogens is 317 g/mol. The molecule has 2 unspecified atom stereocenters. The smallest absolute Gasteiger partial charge is 0.386 e. The maximum atomic E-state index is 11.5. The van der Waals surface area contributed by atoms with E-state index in [1.165, 1.54) is 17.2 Å². The molecule has 5 atom stereocenters. The molecule has 4 heterocycles. The monoisotopic (exact) mass is 329 g/mol. The number of aliphatic hydroxyl groups excluding tert-OH is 1. The zero-order valence-electron chi connectivity index (χ0n) is 11.0. The Morgan fingerprint density at radius 3 is 3.05 bits per heavy atom. The number of ether oxygens (including phenoxy) is 1. The highest BCUT2D eigenvalue weighted by atomic mass is 31.2. The molecule has 2 aromatic rings. The van der Waals surface area contributed by atoms with Crippen molar-refractivity contribution >= 4 is 24.8 Å². The van der Waals surface area contributed by atoms with Gasteiger partial charge in [0.2, 0.25) is 0 Å². The van der Waals surface area contributed by atoms with E-state index in [-0.39, 0.29) is 12.4 Å². The number of rotatable bonds is 1. The molecule has 0 amide bonds. The summed E-state index contributed by atoms with van der Waals surface area (Å²) in [5.41, 5.74) is 6.46. The fourth-order valence-electron chi connectivity index (χ4n) is 2.62. The Hall–Kier alpha value is -1.62. The van der Waals surface area contributed by atoms with E-state index in [1.54, 1.807) is 0 Å². The largest absolute Gasteiger partial charge is 0.472 e. The topological polar surface area (TPSA) is 155 Å². The molecule has 2 aliphatic rings. The summed E-state index contributed by atoms with van der Waals surface area (Å²) in [5.74, 6) is 0.202. The van der Waals surface area contributed by atoms with E-state index in [0.29, 0.717) is 11.2 Å². The number of imidazole rings is 1. The van der Waals surface area contributed by atoms with Crippen LogP contribution in [0.15, 0.2) is 12.7 Å². The lowest BCUT2D eigenvalue weighted by Crippen LogP contribution is -2.39. The number of fused-ring (bicyclic) bond motifs is 2. The minimum absolute atomic E-state index is 0.157. The van der Waals surface area contributed by atoms with Gasteiger partial charge in [-0.3, -0.25) is 13.6 Å². The Balaban J connectivity index is 1.71.